The molecule has 0 unspecified atom stereocenters. The third-order valence-corrected chi connectivity index (χ3v) is 3.79. The third kappa shape index (κ3) is 3.01. The van der Waals surface area contributed by atoms with Gasteiger partial charge in [-0.3, -0.25) is 10.6 Å². The molecule has 0 aliphatic carbocycles. The Balaban J connectivity index is 2.38. The molecule has 0 saturated heterocycles. The fourth-order valence-corrected chi connectivity index (χ4v) is 2.78. The minimum absolute atomic E-state index is 0.140. The largest absolute Gasteiger partial charge is 0.321 e. The summed E-state index contributed by atoms with van der Waals surface area (Å²) in [4.78, 5) is 3.85. The van der Waals surface area contributed by atoms with E-state index in [-0.39, 0.29) is 10.7 Å². The fourth-order valence-electron chi connectivity index (χ4n) is 1.63. The summed E-state index contributed by atoms with van der Waals surface area (Å²) in [6.45, 7) is 1.88. The van der Waals surface area contributed by atoms with E-state index in [4.69, 9.17) is 5.84 Å². The molecule has 19 heavy (non-hydrogen) atoms. The highest BCUT2D eigenvalue weighted by Gasteiger charge is 2.19. The highest BCUT2D eigenvalue weighted by atomic mass is 32.2. The summed E-state index contributed by atoms with van der Waals surface area (Å²) in [5.74, 6) is 5.28. The second kappa shape index (κ2) is 5.25. The highest BCUT2D eigenvalue weighted by Crippen LogP contribution is 2.20. The van der Waals surface area contributed by atoms with E-state index < -0.39 is 10.0 Å². The van der Waals surface area contributed by atoms with Crippen molar-refractivity contribution in [1.29, 1.82) is 0 Å². The molecule has 7 heteroatoms. The van der Waals surface area contributed by atoms with Crippen LogP contribution in [0.15, 0.2) is 47.6 Å². The van der Waals surface area contributed by atoms with Crippen LogP contribution in [0.3, 0.4) is 0 Å². The molecule has 0 saturated carbocycles. The van der Waals surface area contributed by atoms with Gasteiger partial charge in [0.25, 0.3) is 10.0 Å². The zero-order chi connectivity index (χ0) is 13.9. The van der Waals surface area contributed by atoms with E-state index in [1.807, 2.05) is 13.0 Å². The molecule has 2 aromatic rings. The summed E-state index contributed by atoms with van der Waals surface area (Å²) in [6, 6.07) is 10.2. The van der Waals surface area contributed by atoms with Gasteiger partial charge in [-0.1, -0.05) is 12.1 Å². The van der Waals surface area contributed by atoms with Crippen molar-refractivity contribution >= 4 is 21.4 Å². The molecule has 100 valence electrons. The molecule has 0 bridgehead atoms. The van der Waals surface area contributed by atoms with Gasteiger partial charge in [0.15, 0.2) is 0 Å². The maximum Gasteiger partial charge on any atom is 0.281 e. The molecule has 0 aliphatic rings. The third-order valence-electron chi connectivity index (χ3n) is 2.45. The number of nitrogens with one attached hydrogen (secondary N) is 2. The number of sulfonamides is 1. The van der Waals surface area contributed by atoms with Crippen molar-refractivity contribution in [2.24, 2.45) is 5.84 Å². The zero-order valence-electron chi connectivity index (χ0n) is 10.3. The fraction of sp³-hybridized carbons (Fsp3) is 0.0833. The smallest absolute Gasteiger partial charge is 0.281 e. The SMILES string of the molecule is Cc1cccc(NS(=O)(=O)c2ncccc2NN)c1. The lowest BCUT2D eigenvalue weighted by molar-refractivity contribution is 0.598. The number of aryl methyl sites for hydroxylation is 1. The van der Waals surface area contributed by atoms with Gasteiger partial charge < -0.3 is 5.43 Å². The zero-order valence-corrected chi connectivity index (χ0v) is 11.1. The number of nitrogen functional groups attached to an aromatic ring is 1. The summed E-state index contributed by atoms with van der Waals surface area (Å²) in [5, 5.41) is -0.140. The average Bonchev–Trinajstić information content (AvgIpc) is 2.38. The van der Waals surface area contributed by atoms with Crippen molar-refractivity contribution < 1.29 is 8.42 Å². The molecular formula is C12H14N4O2S. The number of nitrogens with two attached hydrogens (primary N) is 1. The average molecular weight is 278 g/mol. The predicted molar refractivity (Wildman–Crippen MR) is 74.0 cm³/mol. The summed E-state index contributed by atoms with van der Waals surface area (Å²) < 4.78 is 26.9. The second-order valence-corrected chi connectivity index (χ2v) is 5.57. The van der Waals surface area contributed by atoms with E-state index >= 15 is 0 Å². The van der Waals surface area contributed by atoms with Crippen LogP contribution in [0, 0.1) is 6.92 Å². The molecule has 2 rings (SSSR count). The van der Waals surface area contributed by atoms with Gasteiger partial charge in [-0.25, -0.2) is 4.98 Å². The van der Waals surface area contributed by atoms with E-state index in [9.17, 15) is 8.42 Å². The molecule has 6 nitrogen and oxygen atoms in total. The molecule has 1 aromatic carbocycles. The molecule has 1 heterocycles. The van der Waals surface area contributed by atoms with Crippen LogP contribution >= 0.6 is 0 Å². The number of benzene rings is 1. The Bertz CT molecular complexity index is 686. The number of anilines is 2. The first kappa shape index (κ1) is 13.3. The Kier molecular flexibility index (Phi) is 3.68. The van der Waals surface area contributed by atoms with Gasteiger partial charge >= 0.3 is 0 Å². The first-order valence-electron chi connectivity index (χ1n) is 5.54. The maximum absolute atomic E-state index is 12.2. The molecule has 0 aliphatic heterocycles. The topological polar surface area (TPSA) is 97.1 Å². The van der Waals surface area contributed by atoms with Crippen LogP contribution in [0.2, 0.25) is 0 Å². The maximum atomic E-state index is 12.2. The van der Waals surface area contributed by atoms with Crippen molar-refractivity contribution in [2.45, 2.75) is 11.9 Å². The number of hydrogen-bond acceptors (Lipinski definition) is 5. The Hall–Kier alpha value is -2.12. The number of nitrogens with zero attached hydrogens (tertiary/aromatic N) is 1. The Morgan fingerprint density at radius 1 is 1.21 bits per heavy atom. The van der Waals surface area contributed by atoms with Crippen molar-refractivity contribution in [3.63, 3.8) is 0 Å². The van der Waals surface area contributed by atoms with Crippen molar-refractivity contribution in [2.75, 3.05) is 10.1 Å². The number of aromatic nitrogens is 1. The number of pyridine rings is 1. The predicted octanol–water partition coefficient (Wildman–Crippen LogP) is 1.48. The monoisotopic (exact) mass is 278 g/mol. The van der Waals surface area contributed by atoms with Gasteiger partial charge in [0.2, 0.25) is 5.03 Å². The molecule has 0 spiro atoms. The van der Waals surface area contributed by atoms with E-state index in [0.29, 0.717) is 5.69 Å². The van der Waals surface area contributed by atoms with E-state index in [2.05, 4.69) is 15.1 Å². The standard InChI is InChI=1S/C12H14N4O2S/c1-9-4-2-5-10(8-9)16-19(17,18)12-11(15-13)6-3-7-14-12/h2-8,15-16H,13H2,1H3. The van der Waals surface area contributed by atoms with Crippen LogP contribution < -0.4 is 16.0 Å². The molecule has 4 N–H and O–H groups in total. The quantitative estimate of drug-likeness (QED) is 0.581. The minimum Gasteiger partial charge on any atom is -0.321 e. The van der Waals surface area contributed by atoms with E-state index in [0.717, 1.165) is 5.56 Å². The molecular weight excluding hydrogens is 264 g/mol. The Labute approximate surface area is 111 Å². The van der Waals surface area contributed by atoms with Crippen molar-refractivity contribution in [3.05, 3.63) is 48.2 Å². The molecule has 0 radical (unpaired) electrons. The van der Waals surface area contributed by atoms with E-state index in [1.165, 1.54) is 12.3 Å². The van der Waals surface area contributed by atoms with Crippen molar-refractivity contribution in [1.82, 2.24) is 4.98 Å². The van der Waals surface area contributed by atoms with Crippen LogP contribution in [0.1, 0.15) is 5.56 Å². The number of rotatable bonds is 4. The number of hydrazine groups is 1. The molecule has 0 fully saturated rings. The summed E-state index contributed by atoms with van der Waals surface area (Å²) in [5.41, 5.74) is 3.99. The normalized spacial score (nSPS) is 11.1. The van der Waals surface area contributed by atoms with Crippen LogP contribution in [0.25, 0.3) is 0 Å². The van der Waals surface area contributed by atoms with Crippen LogP contribution in [-0.2, 0) is 10.0 Å². The minimum atomic E-state index is -3.78. The first-order chi connectivity index (χ1) is 9.03. The summed E-state index contributed by atoms with van der Waals surface area (Å²) in [7, 11) is -3.78. The van der Waals surface area contributed by atoms with Gasteiger partial charge in [-0.2, -0.15) is 8.42 Å². The lowest BCUT2D eigenvalue weighted by Gasteiger charge is -2.10. The van der Waals surface area contributed by atoms with Gasteiger partial charge in [-0.05, 0) is 36.8 Å². The Morgan fingerprint density at radius 3 is 2.68 bits per heavy atom. The van der Waals surface area contributed by atoms with Crippen LogP contribution in [-0.4, -0.2) is 13.4 Å². The number of hydrogen-bond donors (Lipinski definition) is 3. The molecule has 0 amide bonds. The first-order valence-corrected chi connectivity index (χ1v) is 7.02. The lowest BCUT2D eigenvalue weighted by atomic mass is 10.2. The van der Waals surface area contributed by atoms with Gasteiger partial charge in [-0.15, -0.1) is 0 Å². The van der Waals surface area contributed by atoms with Crippen molar-refractivity contribution in [3.8, 4) is 0 Å². The van der Waals surface area contributed by atoms with E-state index in [1.54, 1.807) is 24.3 Å². The highest BCUT2D eigenvalue weighted by molar-refractivity contribution is 7.92. The summed E-state index contributed by atoms with van der Waals surface area (Å²) in [6.07, 6.45) is 1.39. The lowest BCUT2D eigenvalue weighted by Crippen LogP contribution is -2.18. The molecule has 1 aromatic heterocycles. The summed E-state index contributed by atoms with van der Waals surface area (Å²) >= 11 is 0. The second-order valence-electron chi connectivity index (χ2n) is 3.98. The van der Waals surface area contributed by atoms with Gasteiger partial charge in [0.05, 0.1) is 5.69 Å². The molecule has 0 atom stereocenters. The Morgan fingerprint density at radius 2 is 2.00 bits per heavy atom. The van der Waals surface area contributed by atoms with Crippen LogP contribution in [0.5, 0.6) is 0 Å². The van der Waals surface area contributed by atoms with Crippen LogP contribution in [0.4, 0.5) is 11.4 Å². The van der Waals surface area contributed by atoms with Gasteiger partial charge in [0, 0.05) is 11.9 Å². The van der Waals surface area contributed by atoms with Gasteiger partial charge in [0.1, 0.15) is 0 Å².